The number of imidazole rings is 1. The highest BCUT2D eigenvalue weighted by atomic mass is 19.2. The summed E-state index contributed by atoms with van der Waals surface area (Å²) >= 11 is 0. The summed E-state index contributed by atoms with van der Waals surface area (Å²) in [6.45, 7) is 2.45. The molecule has 4 nitrogen and oxygen atoms in total. The van der Waals surface area contributed by atoms with Crippen molar-refractivity contribution in [1.82, 2.24) is 14.5 Å². The molecule has 1 unspecified atom stereocenters. The SMILES string of the molecule is CCC(N)Cn1c(-c2cccnc2)nc2cc(F)c(F)cc21. The van der Waals surface area contributed by atoms with E-state index in [1.54, 1.807) is 18.5 Å². The van der Waals surface area contributed by atoms with Crippen LogP contribution in [-0.2, 0) is 6.54 Å². The first kappa shape index (κ1) is 14.6. The molecule has 2 N–H and O–H groups in total. The summed E-state index contributed by atoms with van der Waals surface area (Å²) < 4.78 is 28.9. The first-order valence-electron chi connectivity index (χ1n) is 7.11. The molecular weight excluding hydrogens is 286 g/mol. The fraction of sp³-hybridized carbons (Fsp3) is 0.250. The van der Waals surface area contributed by atoms with Crippen LogP contribution in [0.3, 0.4) is 0 Å². The molecule has 2 heterocycles. The minimum absolute atomic E-state index is 0.0964. The zero-order valence-electron chi connectivity index (χ0n) is 12.1. The van der Waals surface area contributed by atoms with Crippen LogP contribution >= 0.6 is 0 Å². The van der Waals surface area contributed by atoms with Gasteiger partial charge in [-0.05, 0) is 18.6 Å². The first-order chi connectivity index (χ1) is 10.6. The Morgan fingerprint density at radius 2 is 2.05 bits per heavy atom. The largest absolute Gasteiger partial charge is 0.326 e. The quantitative estimate of drug-likeness (QED) is 0.805. The molecule has 1 atom stereocenters. The highest BCUT2D eigenvalue weighted by Crippen LogP contribution is 2.26. The molecule has 0 radical (unpaired) electrons. The summed E-state index contributed by atoms with van der Waals surface area (Å²) in [5.41, 5.74) is 7.75. The first-order valence-corrected chi connectivity index (χ1v) is 7.11. The molecule has 0 saturated carbocycles. The van der Waals surface area contributed by atoms with Gasteiger partial charge in [-0.3, -0.25) is 4.98 Å². The lowest BCUT2D eigenvalue weighted by Crippen LogP contribution is -2.25. The Morgan fingerprint density at radius 3 is 2.73 bits per heavy atom. The number of rotatable bonds is 4. The number of aromatic nitrogens is 3. The molecule has 114 valence electrons. The third kappa shape index (κ3) is 2.57. The number of hydrogen-bond donors (Lipinski definition) is 1. The zero-order chi connectivity index (χ0) is 15.7. The van der Waals surface area contributed by atoms with Crippen LogP contribution in [0.15, 0.2) is 36.7 Å². The van der Waals surface area contributed by atoms with Gasteiger partial charge >= 0.3 is 0 Å². The fourth-order valence-electron chi connectivity index (χ4n) is 2.38. The Balaban J connectivity index is 2.23. The second-order valence-electron chi connectivity index (χ2n) is 5.21. The maximum Gasteiger partial charge on any atom is 0.161 e. The Bertz CT molecular complexity index is 799. The van der Waals surface area contributed by atoms with Crippen LogP contribution in [-0.4, -0.2) is 20.6 Å². The molecule has 0 aliphatic heterocycles. The van der Waals surface area contributed by atoms with Gasteiger partial charge in [0.15, 0.2) is 11.6 Å². The van der Waals surface area contributed by atoms with Crippen molar-refractivity contribution in [3.63, 3.8) is 0 Å². The molecule has 0 spiro atoms. The van der Waals surface area contributed by atoms with Crippen LogP contribution in [0.2, 0.25) is 0 Å². The van der Waals surface area contributed by atoms with Crippen LogP contribution in [0.1, 0.15) is 13.3 Å². The minimum Gasteiger partial charge on any atom is -0.326 e. The molecule has 0 bridgehead atoms. The smallest absolute Gasteiger partial charge is 0.161 e. The van der Waals surface area contributed by atoms with Crippen LogP contribution in [0.4, 0.5) is 8.78 Å². The van der Waals surface area contributed by atoms with Gasteiger partial charge < -0.3 is 10.3 Å². The Labute approximate surface area is 126 Å². The van der Waals surface area contributed by atoms with E-state index < -0.39 is 11.6 Å². The van der Waals surface area contributed by atoms with E-state index in [2.05, 4.69) is 9.97 Å². The van der Waals surface area contributed by atoms with Gasteiger partial charge in [0, 0.05) is 42.7 Å². The van der Waals surface area contributed by atoms with Crippen LogP contribution in [0.25, 0.3) is 22.4 Å². The van der Waals surface area contributed by atoms with Crippen LogP contribution < -0.4 is 5.73 Å². The molecule has 22 heavy (non-hydrogen) atoms. The Kier molecular flexibility index (Phi) is 3.85. The summed E-state index contributed by atoms with van der Waals surface area (Å²) in [5, 5.41) is 0. The van der Waals surface area contributed by atoms with Gasteiger partial charge in [-0.15, -0.1) is 0 Å². The van der Waals surface area contributed by atoms with Gasteiger partial charge in [0.2, 0.25) is 0 Å². The number of fused-ring (bicyclic) bond motifs is 1. The summed E-state index contributed by atoms with van der Waals surface area (Å²) in [6, 6.07) is 5.83. The van der Waals surface area contributed by atoms with Gasteiger partial charge in [-0.1, -0.05) is 6.92 Å². The van der Waals surface area contributed by atoms with E-state index >= 15 is 0 Å². The topological polar surface area (TPSA) is 56.7 Å². The lowest BCUT2D eigenvalue weighted by Gasteiger charge is -2.14. The Morgan fingerprint density at radius 1 is 1.27 bits per heavy atom. The third-order valence-electron chi connectivity index (χ3n) is 3.65. The van der Waals surface area contributed by atoms with Crippen molar-refractivity contribution in [2.75, 3.05) is 0 Å². The summed E-state index contributed by atoms with van der Waals surface area (Å²) in [5.74, 6) is -1.19. The number of nitrogens with two attached hydrogens (primary N) is 1. The van der Waals surface area contributed by atoms with E-state index in [0.717, 1.165) is 18.1 Å². The standard InChI is InChI=1S/C16H16F2N4/c1-2-11(19)9-22-15-7-13(18)12(17)6-14(15)21-16(22)10-4-3-5-20-8-10/h3-8,11H,2,9,19H2,1H3. The monoisotopic (exact) mass is 302 g/mol. The number of hydrogen-bond acceptors (Lipinski definition) is 3. The van der Waals surface area contributed by atoms with E-state index in [0.29, 0.717) is 23.4 Å². The second kappa shape index (κ2) is 5.81. The lowest BCUT2D eigenvalue weighted by molar-refractivity contribution is 0.509. The van der Waals surface area contributed by atoms with Crippen molar-refractivity contribution in [2.45, 2.75) is 25.9 Å². The maximum atomic E-state index is 13.6. The number of nitrogens with zero attached hydrogens (tertiary/aromatic N) is 3. The molecule has 3 aromatic rings. The zero-order valence-corrected chi connectivity index (χ0v) is 12.1. The number of pyridine rings is 1. The molecule has 0 saturated heterocycles. The normalized spacial score (nSPS) is 12.7. The maximum absolute atomic E-state index is 13.6. The summed E-state index contributed by atoms with van der Waals surface area (Å²) in [6.07, 6.45) is 4.10. The van der Waals surface area contributed by atoms with Crippen molar-refractivity contribution in [1.29, 1.82) is 0 Å². The van der Waals surface area contributed by atoms with Crippen LogP contribution in [0, 0.1) is 11.6 Å². The molecule has 6 heteroatoms. The van der Waals surface area contributed by atoms with Gasteiger partial charge in [-0.2, -0.15) is 0 Å². The van der Waals surface area contributed by atoms with E-state index in [1.807, 2.05) is 17.6 Å². The van der Waals surface area contributed by atoms with E-state index in [1.165, 1.54) is 6.07 Å². The van der Waals surface area contributed by atoms with Gasteiger partial charge in [0.1, 0.15) is 5.82 Å². The number of benzene rings is 1. The summed E-state index contributed by atoms with van der Waals surface area (Å²) in [7, 11) is 0. The lowest BCUT2D eigenvalue weighted by atomic mass is 10.2. The van der Waals surface area contributed by atoms with Crippen molar-refractivity contribution in [3.8, 4) is 11.4 Å². The highest BCUT2D eigenvalue weighted by molar-refractivity contribution is 5.80. The molecule has 0 aliphatic carbocycles. The van der Waals surface area contributed by atoms with Gasteiger partial charge in [-0.25, -0.2) is 13.8 Å². The van der Waals surface area contributed by atoms with Crippen molar-refractivity contribution < 1.29 is 8.78 Å². The van der Waals surface area contributed by atoms with Crippen LogP contribution in [0.5, 0.6) is 0 Å². The van der Waals surface area contributed by atoms with Crippen molar-refractivity contribution in [3.05, 3.63) is 48.3 Å². The molecule has 2 aromatic heterocycles. The predicted molar refractivity (Wildman–Crippen MR) is 81.1 cm³/mol. The van der Waals surface area contributed by atoms with E-state index in [4.69, 9.17) is 5.73 Å². The molecule has 3 rings (SSSR count). The molecule has 0 amide bonds. The highest BCUT2D eigenvalue weighted by Gasteiger charge is 2.17. The van der Waals surface area contributed by atoms with Crippen molar-refractivity contribution >= 4 is 11.0 Å². The third-order valence-corrected chi connectivity index (χ3v) is 3.65. The van der Waals surface area contributed by atoms with Gasteiger partial charge in [0.05, 0.1) is 11.0 Å². The second-order valence-corrected chi connectivity index (χ2v) is 5.21. The fourth-order valence-corrected chi connectivity index (χ4v) is 2.38. The predicted octanol–water partition coefficient (Wildman–Crippen LogP) is 3.11. The van der Waals surface area contributed by atoms with Gasteiger partial charge in [0.25, 0.3) is 0 Å². The molecular formula is C16H16F2N4. The minimum atomic E-state index is -0.908. The number of halogens is 2. The molecule has 0 aliphatic rings. The Hall–Kier alpha value is -2.34. The average molecular weight is 302 g/mol. The summed E-state index contributed by atoms with van der Waals surface area (Å²) in [4.78, 5) is 8.51. The molecule has 0 fully saturated rings. The molecule has 1 aromatic carbocycles. The van der Waals surface area contributed by atoms with Crippen molar-refractivity contribution in [2.24, 2.45) is 5.73 Å². The van der Waals surface area contributed by atoms with E-state index in [9.17, 15) is 8.78 Å². The average Bonchev–Trinajstić information content (AvgIpc) is 2.86. The van der Waals surface area contributed by atoms with E-state index in [-0.39, 0.29) is 6.04 Å².